The molecular formula is C14H28N2O2. The van der Waals surface area contributed by atoms with Crippen molar-refractivity contribution in [1.29, 1.82) is 0 Å². The minimum atomic E-state index is -0.0547. The number of amides is 1. The highest BCUT2D eigenvalue weighted by molar-refractivity contribution is 5.81. The third-order valence-corrected chi connectivity index (χ3v) is 3.57. The quantitative estimate of drug-likeness (QED) is 0.648. The Balaban J connectivity index is 2.07. The third kappa shape index (κ3) is 5.83. The highest BCUT2D eigenvalue weighted by Crippen LogP contribution is 2.10. The number of carbonyl (C=O) groups excluding carboxylic acids is 1. The average molecular weight is 256 g/mol. The Kier molecular flexibility index (Phi) is 8.01. The molecule has 1 aliphatic rings. The van der Waals surface area contributed by atoms with E-state index in [1.165, 1.54) is 6.42 Å². The molecule has 0 radical (unpaired) electrons. The predicted octanol–water partition coefficient (Wildman–Crippen LogP) is 1.53. The van der Waals surface area contributed by atoms with E-state index >= 15 is 0 Å². The zero-order chi connectivity index (χ0) is 13.2. The van der Waals surface area contributed by atoms with Gasteiger partial charge in [-0.3, -0.25) is 4.79 Å². The number of rotatable bonds is 8. The largest absolute Gasteiger partial charge is 0.396 e. The molecule has 1 unspecified atom stereocenters. The molecule has 0 aromatic rings. The van der Waals surface area contributed by atoms with E-state index in [1.54, 1.807) is 0 Å². The van der Waals surface area contributed by atoms with E-state index in [0.717, 1.165) is 58.2 Å². The number of aliphatic hydroxyl groups is 1. The van der Waals surface area contributed by atoms with Crippen molar-refractivity contribution in [2.24, 2.45) is 0 Å². The first-order valence-electron chi connectivity index (χ1n) is 7.38. The van der Waals surface area contributed by atoms with Gasteiger partial charge in [0.2, 0.25) is 5.91 Å². The Morgan fingerprint density at radius 2 is 1.83 bits per heavy atom. The lowest BCUT2D eigenvalue weighted by molar-refractivity contribution is -0.133. The van der Waals surface area contributed by atoms with Crippen LogP contribution in [0.4, 0.5) is 0 Å². The molecule has 2 N–H and O–H groups in total. The van der Waals surface area contributed by atoms with Crippen molar-refractivity contribution < 1.29 is 9.90 Å². The predicted molar refractivity (Wildman–Crippen MR) is 73.4 cm³/mol. The van der Waals surface area contributed by atoms with E-state index in [0.29, 0.717) is 0 Å². The summed E-state index contributed by atoms with van der Waals surface area (Å²) in [5.41, 5.74) is 0. The normalized spacial score (nSPS) is 17.8. The Hall–Kier alpha value is -0.610. The van der Waals surface area contributed by atoms with Crippen molar-refractivity contribution >= 4 is 5.91 Å². The van der Waals surface area contributed by atoms with Gasteiger partial charge in [0.25, 0.3) is 0 Å². The van der Waals surface area contributed by atoms with Gasteiger partial charge in [-0.1, -0.05) is 12.8 Å². The van der Waals surface area contributed by atoms with Crippen LogP contribution in [0.5, 0.6) is 0 Å². The van der Waals surface area contributed by atoms with Gasteiger partial charge < -0.3 is 15.3 Å². The topological polar surface area (TPSA) is 52.6 Å². The smallest absolute Gasteiger partial charge is 0.239 e. The number of carbonyl (C=O) groups is 1. The van der Waals surface area contributed by atoms with E-state index in [-0.39, 0.29) is 18.6 Å². The second-order valence-corrected chi connectivity index (χ2v) is 5.20. The van der Waals surface area contributed by atoms with E-state index in [4.69, 9.17) is 5.11 Å². The maximum absolute atomic E-state index is 12.1. The summed E-state index contributed by atoms with van der Waals surface area (Å²) in [5, 5.41) is 12.0. The number of hydrogen-bond acceptors (Lipinski definition) is 3. The van der Waals surface area contributed by atoms with Crippen molar-refractivity contribution in [2.45, 2.75) is 57.9 Å². The molecule has 0 spiro atoms. The number of likely N-dealkylation sites (tertiary alicyclic amines) is 1. The van der Waals surface area contributed by atoms with Gasteiger partial charge in [-0.25, -0.2) is 0 Å². The van der Waals surface area contributed by atoms with Crippen LogP contribution in [0.2, 0.25) is 0 Å². The summed E-state index contributed by atoms with van der Waals surface area (Å²) < 4.78 is 0. The average Bonchev–Trinajstić information content (AvgIpc) is 2.42. The van der Waals surface area contributed by atoms with E-state index < -0.39 is 0 Å². The molecule has 18 heavy (non-hydrogen) atoms. The summed E-state index contributed by atoms with van der Waals surface area (Å²) in [6.07, 6.45) is 7.74. The highest BCUT2D eigenvalue weighted by atomic mass is 16.2. The lowest BCUT2D eigenvalue weighted by atomic mass is 10.1. The molecule has 0 aromatic heterocycles. The molecule has 0 aliphatic carbocycles. The molecule has 1 fully saturated rings. The fourth-order valence-electron chi connectivity index (χ4n) is 2.38. The molecule has 4 nitrogen and oxygen atoms in total. The molecule has 106 valence electrons. The van der Waals surface area contributed by atoms with Crippen LogP contribution in [-0.2, 0) is 4.79 Å². The minimum absolute atomic E-state index is 0.0547. The Morgan fingerprint density at radius 1 is 1.17 bits per heavy atom. The maximum atomic E-state index is 12.1. The number of aliphatic hydroxyl groups excluding tert-OH is 1. The first-order valence-corrected chi connectivity index (χ1v) is 7.38. The monoisotopic (exact) mass is 256 g/mol. The zero-order valence-electron chi connectivity index (χ0n) is 11.7. The molecule has 4 heteroatoms. The molecule has 0 bridgehead atoms. The summed E-state index contributed by atoms with van der Waals surface area (Å²) in [6, 6.07) is -0.0547. The number of unbranched alkanes of at least 4 members (excludes halogenated alkanes) is 3. The van der Waals surface area contributed by atoms with Crippen molar-refractivity contribution in [3.63, 3.8) is 0 Å². The number of hydrogen-bond donors (Lipinski definition) is 2. The molecular weight excluding hydrogens is 228 g/mol. The molecule has 1 saturated heterocycles. The molecule has 1 aliphatic heterocycles. The van der Waals surface area contributed by atoms with Crippen molar-refractivity contribution in [3.05, 3.63) is 0 Å². The lowest BCUT2D eigenvalue weighted by Crippen LogP contribution is -2.47. The zero-order valence-corrected chi connectivity index (χ0v) is 11.7. The standard InChI is InChI=1S/C14H28N2O2/c1-13(15-9-5-2-3-8-12-17)14(18)16-10-6-4-7-11-16/h13,15,17H,2-12H2,1H3. The molecule has 1 atom stereocenters. The van der Waals surface area contributed by atoms with Crippen LogP contribution < -0.4 is 5.32 Å². The van der Waals surface area contributed by atoms with Gasteiger partial charge in [-0.05, 0) is 45.6 Å². The summed E-state index contributed by atoms with van der Waals surface area (Å²) >= 11 is 0. The van der Waals surface area contributed by atoms with Crippen LogP contribution in [-0.4, -0.2) is 48.2 Å². The van der Waals surface area contributed by atoms with Crippen LogP contribution in [0.15, 0.2) is 0 Å². The van der Waals surface area contributed by atoms with Gasteiger partial charge in [0.05, 0.1) is 6.04 Å². The van der Waals surface area contributed by atoms with E-state index in [2.05, 4.69) is 5.32 Å². The van der Waals surface area contributed by atoms with E-state index in [9.17, 15) is 4.79 Å². The fraction of sp³-hybridized carbons (Fsp3) is 0.929. The van der Waals surface area contributed by atoms with Crippen LogP contribution in [0.3, 0.4) is 0 Å². The van der Waals surface area contributed by atoms with Gasteiger partial charge in [0, 0.05) is 19.7 Å². The van der Waals surface area contributed by atoms with Gasteiger partial charge in [-0.2, -0.15) is 0 Å². The molecule has 0 aromatic carbocycles. The van der Waals surface area contributed by atoms with Gasteiger partial charge in [0.1, 0.15) is 0 Å². The van der Waals surface area contributed by atoms with Gasteiger partial charge >= 0.3 is 0 Å². The van der Waals surface area contributed by atoms with Crippen LogP contribution in [0.1, 0.15) is 51.9 Å². The van der Waals surface area contributed by atoms with Crippen LogP contribution in [0, 0.1) is 0 Å². The Morgan fingerprint density at radius 3 is 2.50 bits per heavy atom. The lowest BCUT2D eigenvalue weighted by Gasteiger charge is -2.29. The maximum Gasteiger partial charge on any atom is 0.239 e. The minimum Gasteiger partial charge on any atom is -0.396 e. The van der Waals surface area contributed by atoms with Gasteiger partial charge in [0.15, 0.2) is 0 Å². The molecule has 1 rings (SSSR count). The molecule has 0 saturated carbocycles. The van der Waals surface area contributed by atoms with Crippen molar-refractivity contribution in [2.75, 3.05) is 26.2 Å². The van der Waals surface area contributed by atoms with Crippen LogP contribution >= 0.6 is 0 Å². The van der Waals surface area contributed by atoms with Gasteiger partial charge in [-0.15, -0.1) is 0 Å². The summed E-state index contributed by atoms with van der Waals surface area (Å²) in [6.45, 7) is 5.01. The van der Waals surface area contributed by atoms with Crippen molar-refractivity contribution in [3.8, 4) is 0 Å². The third-order valence-electron chi connectivity index (χ3n) is 3.57. The first-order chi connectivity index (χ1) is 8.75. The summed E-state index contributed by atoms with van der Waals surface area (Å²) in [7, 11) is 0. The Bertz CT molecular complexity index is 228. The first kappa shape index (κ1) is 15.4. The van der Waals surface area contributed by atoms with Crippen molar-refractivity contribution in [1.82, 2.24) is 10.2 Å². The Labute approximate surface area is 111 Å². The number of piperidine rings is 1. The number of nitrogens with zero attached hydrogens (tertiary/aromatic N) is 1. The fourth-order valence-corrected chi connectivity index (χ4v) is 2.38. The second kappa shape index (κ2) is 9.34. The van der Waals surface area contributed by atoms with Crippen LogP contribution in [0.25, 0.3) is 0 Å². The number of nitrogens with one attached hydrogen (secondary N) is 1. The second-order valence-electron chi connectivity index (χ2n) is 5.20. The van der Waals surface area contributed by atoms with E-state index in [1.807, 2.05) is 11.8 Å². The SMILES string of the molecule is CC(NCCCCCCO)C(=O)N1CCCCC1. The summed E-state index contributed by atoms with van der Waals surface area (Å²) in [4.78, 5) is 14.1. The highest BCUT2D eigenvalue weighted by Gasteiger charge is 2.21. The molecule has 1 amide bonds. The summed E-state index contributed by atoms with van der Waals surface area (Å²) in [5.74, 6) is 0.255. The molecule has 1 heterocycles.